The first-order chi connectivity index (χ1) is 9.51. The van der Waals surface area contributed by atoms with Crippen LogP contribution < -0.4 is 10.1 Å². The van der Waals surface area contributed by atoms with Gasteiger partial charge in [0, 0.05) is 16.5 Å². The highest BCUT2D eigenvalue weighted by atomic mass is 127. The summed E-state index contributed by atoms with van der Waals surface area (Å²) in [4.78, 5) is 9.03. The molecule has 2 rings (SSSR count). The molecule has 0 saturated carbocycles. The highest BCUT2D eigenvalue weighted by molar-refractivity contribution is 14.1. The van der Waals surface area contributed by atoms with Crippen LogP contribution in [0.2, 0.25) is 0 Å². The molecule has 0 aliphatic carbocycles. The Hall–Kier alpha value is -1.37. The molecule has 0 radical (unpaired) electrons. The van der Waals surface area contributed by atoms with Gasteiger partial charge >= 0.3 is 0 Å². The first kappa shape index (κ1) is 15.0. The molecule has 4 nitrogen and oxygen atoms in total. The number of aromatic nitrogens is 2. The molecule has 1 heterocycles. The summed E-state index contributed by atoms with van der Waals surface area (Å²) in [7, 11) is 1.86. The van der Waals surface area contributed by atoms with Crippen LogP contribution >= 0.6 is 22.6 Å². The van der Waals surface area contributed by atoms with Crippen LogP contribution in [0.15, 0.2) is 24.3 Å². The van der Waals surface area contributed by atoms with Crippen molar-refractivity contribution in [3.63, 3.8) is 0 Å². The lowest BCUT2D eigenvalue weighted by molar-refractivity contribution is 0.453. The first-order valence-corrected chi connectivity index (χ1v) is 7.59. The Bertz CT molecular complexity index is 597. The summed E-state index contributed by atoms with van der Waals surface area (Å²) in [5.41, 5.74) is 0.912. The van der Waals surface area contributed by atoms with Crippen molar-refractivity contribution in [2.24, 2.45) is 0 Å². The molecule has 0 unspecified atom stereocenters. The number of benzene rings is 1. The van der Waals surface area contributed by atoms with Gasteiger partial charge in [0.25, 0.3) is 0 Å². The first-order valence-electron chi connectivity index (χ1n) is 6.51. The zero-order valence-electron chi connectivity index (χ0n) is 12.1. The minimum absolute atomic E-state index is 0.252. The normalized spacial score (nSPS) is 10.7. The van der Waals surface area contributed by atoms with Crippen LogP contribution in [0.4, 0.5) is 5.82 Å². The molecule has 0 spiro atoms. The van der Waals surface area contributed by atoms with Crippen LogP contribution in [0.1, 0.15) is 31.2 Å². The number of nitrogens with zero attached hydrogens (tertiary/aromatic N) is 2. The third-order valence-corrected chi connectivity index (χ3v) is 3.62. The standard InChI is InChI=1S/C15H18IN3O/c1-9(2)13-18-14(17-4)10(3)15(19-13)20-12-7-5-11(16)6-8-12/h5-9H,1-4H3,(H,17,18,19). The van der Waals surface area contributed by atoms with E-state index in [1.165, 1.54) is 3.57 Å². The lowest BCUT2D eigenvalue weighted by Crippen LogP contribution is -2.06. The Morgan fingerprint density at radius 2 is 1.80 bits per heavy atom. The molecule has 0 aliphatic rings. The summed E-state index contributed by atoms with van der Waals surface area (Å²) in [5, 5.41) is 3.09. The topological polar surface area (TPSA) is 47.0 Å². The number of nitrogens with one attached hydrogen (secondary N) is 1. The predicted octanol–water partition coefficient (Wildman–Crippen LogP) is 4.35. The van der Waals surface area contributed by atoms with Crippen LogP contribution in [0, 0.1) is 10.5 Å². The van der Waals surface area contributed by atoms with E-state index in [-0.39, 0.29) is 5.92 Å². The molecule has 1 aromatic carbocycles. The monoisotopic (exact) mass is 383 g/mol. The van der Waals surface area contributed by atoms with Gasteiger partial charge in [0.15, 0.2) is 0 Å². The fourth-order valence-electron chi connectivity index (χ4n) is 1.73. The van der Waals surface area contributed by atoms with Gasteiger partial charge in [0.1, 0.15) is 17.4 Å². The van der Waals surface area contributed by atoms with Crippen LogP contribution in [0.25, 0.3) is 0 Å². The van der Waals surface area contributed by atoms with E-state index in [1.807, 2.05) is 38.2 Å². The molecule has 0 aliphatic heterocycles. The molecule has 1 aromatic heterocycles. The maximum Gasteiger partial charge on any atom is 0.227 e. The maximum atomic E-state index is 5.90. The van der Waals surface area contributed by atoms with E-state index < -0.39 is 0 Å². The second-order valence-electron chi connectivity index (χ2n) is 4.82. The fraction of sp³-hybridized carbons (Fsp3) is 0.333. The molecule has 5 heteroatoms. The van der Waals surface area contributed by atoms with Gasteiger partial charge in [0.05, 0.1) is 5.56 Å². The number of halogens is 1. The van der Waals surface area contributed by atoms with Gasteiger partial charge in [-0.25, -0.2) is 4.98 Å². The summed E-state index contributed by atoms with van der Waals surface area (Å²) in [6.07, 6.45) is 0. The van der Waals surface area contributed by atoms with Crippen molar-refractivity contribution >= 4 is 28.4 Å². The van der Waals surface area contributed by atoms with Crippen LogP contribution in [-0.4, -0.2) is 17.0 Å². The lowest BCUT2D eigenvalue weighted by Gasteiger charge is -2.14. The third kappa shape index (κ3) is 3.39. The van der Waals surface area contributed by atoms with Crippen LogP contribution in [0.3, 0.4) is 0 Å². The minimum Gasteiger partial charge on any atom is -0.439 e. The van der Waals surface area contributed by atoms with E-state index in [9.17, 15) is 0 Å². The number of rotatable bonds is 4. The Morgan fingerprint density at radius 1 is 1.15 bits per heavy atom. The van der Waals surface area contributed by atoms with E-state index >= 15 is 0 Å². The van der Waals surface area contributed by atoms with E-state index in [0.29, 0.717) is 5.88 Å². The molecular weight excluding hydrogens is 365 g/mol. The maximum absolute atomic E-state index is 5.90. The van der Waals surface area contributed by atoms with Gasteiger partial charge in [-0.15, -0.1) is 0 Å². The predicted molar refractivity (Wildman–Crippen MR) is 89.6 cm³/mol. The van der Waals surface area contributed by atoms with Crippen molar-refractivity contribution in [2.75, 3.05) is 12.4 Å². The van der Waals surface area contributed by atoms with Crippen molar-refractivity contribution in [3.8, 4) is 11.6 Å². The van der Waals surface area contributed by atoms with Gasteiger partial charge in [-0.05, 0) is 53.8 Å². The summed E-state index contributed by atoms with van der Waals surface area (Å²) in [6.45, 7) is 6.09. The molecule has 0 saturated heterocycles. The second kappa shape index (κ2) is 6.39. The summed E-state index contributed by atoms with van der Waals surface area (Å²) >= 11 is 2.27. The quantitative estimate of drug-likeness (QED) is 0.798. The highest BCUT2D eigenvalue weighted by Crippen LogP contribution is 2.28. The van der Waals surface area contributed by atoms with Crippen molar-refractivity contribution < 1.29 is 4.74 Å². The molecule has 106 valence electrons. The van der Waals surface area contributed by atoms with Gasteiger partial charge in [-0.1, -0.05) is 13.8 Å². The number of hydrogen-bond donors (Lipinski definition) is 1. The Balaban J connectivity index is 2.39. The average Bonchev–Trinajstić information content (AvgIpc) is 2.43. The third-order valence-electron chi connectivity index (χ3n) is 2.90. The molecule has 0 bridgehead atoms. The summed E-state index contributed by atoms with van der Waals surface area (Å²) in [5.74, 6) is 3.23. The molecule has 2 aromatic rings. The number of hydrogen-bond acceptors (Lipinski definition) is 4. The van der Waals surface area contributed by atoms with E-state index in [0.717, 1.165) is 23.0 Å². The molecule has 0 atom stereocenters. The molecular formula is C15H18IN3O. The van der Waals surface area contributed by atoms with Crippen molar-refractivity contribution in [3.05, 3.63) is 39.2 Å². The SMILES string of the molecule is CNc1nc(C(C)C)nc(Oc2ccc(I)cc2)c1C. The van der Waals surface area contributed by atoms with Crippen LogP contribution in [0.5, 0.6) is 11.6 Å². The van der Waals surface area contributed by atoms with E-state index in [1.54, 1.807) is 0 Å². The zero-order valence-corrected chi connectivity index (χ0v) is 14.2. The smallest absolute Gasteiger partial charge is 0.227 e. The largest absolute Gasteiger partial charge is 0.439 e. The highest BCUT2D eigenvalue weighted by Gasteiger charge is 2.14. The number of ether oxygens (including phenoxy) is 1. The second-order valence-corrected chi connectivity index (χ2v) is 6.07. The van der Waals surface area contributed by atoms with Gasteiger partial charge in [-0.2, -0.15) is 4.98 Å². The van der Waals surface area contributed by atoms with Gasteiger partial charge in [-0.3, -0.25) is 0 Å². The Morgan fingerprint density at radius 3 is 2.35 bits per heavy atom. The van der Waals surface area contributed by atoms with E-state index in [2.05, 4.69) is 51.7 Å². The van der Waals surface area contributed by atoms with Gasteiger partial charge < -0.3 is 10.1 Å². The zero-order chi connectivity index (χ0) is 14.7. The lowest BCUT2D eigenvalue weighted by atomic mass is 10.2. The fourth-order valence-corrected chi connectivity index (χ4v) is 2.09. The van der Waals surface area contributed by atoms with Crippen LogP contribution in [-0.2, 0) is 0 Å². The van der Waals surface area contributed by atoms with Crippen molar-refractivity contribution in [1.29, 1.82) is 0 Å². The molecule has 20 heavy (non-hydrogen) atoms. The van der Waals surface area contributed by atoms with Crippen molar-refractivity contribution in [1.82, 2.24) is 9.97 Å². The average molecular weight is 383 g/mol. The minimum atomic E-state index is 0.252. The summed E-state index contributed by atoms with van der Waals surface area (Å²) < 4.78 is 7.08. The van der Waals surface area contributed by atoms with E-state index in [4.69, 9.17) is 4.74 Å². The number of anilines is 1. The molecule has 1 N–H and O–H groups in total. The molecule has 0 amide bonds. The Kier molecular flexibility index (Phi) is 4.80. The summed E-state index contributed by atoms with van der Waals surface area (Å²) in [6, 6.07) is 7.90. The molecule has 0 fully saturated rings. The Labute approximate surface area is 133 Å². The van der Waals surface area contributed by atoms with Crippen molar-refractivity contribution in [2.45, 2.75) is 26.7 Å². The van der Waals surface area contributed by atoms with Gasteiger partial charge in [0.2, 0.25) is 5.88 Å².